The van der Waals surface area contributed by atoms with Crippen molar-refractivity contribution in [3.05, 3.63) is 53.6 Å². The van der Waals surface area contributed by atoms with Crippen LogP contribution in [-0.2, 0) is 6.54 Å². The molecule has 2 aromatic carbocycles. The lowest BCUT2D eigenvalue weighted by Gasteiger charge is -2.30. The predicted molar refractivity (Wildman–Crippen MR) is 114 cm³/mol. The summed E-state index contributed by atoms with van der Waals surface area (Å²) in [5.41, 5.74) is 3.37. The summed E-state index contributed by atoms with van der Waals surface area (Å²) in [6.07, 6.45) is 0. The number of aryl methyl sites for hydroxylation is 1. The number of methoxy groups -OCH3 is 1. The molecule has 3 aromatic rings. The smallest absolute Gasteiger partial charge is 0.251 e. The van der Waals surface area contributed by atoms with Gasteiger partial charge >= 0.3 is 0 Å². The van der Waals surface area contributed by atoms with Crippen molar-refractivity contribution in [1.82, 2.24) is 25.2 Å². The molecule has 0 bridgehead atoms. The van der Waals surface area contributed by atoms with E-state index in [9.17, 15) is 4.79 Å². The minimum atomic E-state index is -0.113. The highest BCUT2D eigenvalue weighted by molar-refractivity contribution is 5.97. The van der Waals surface area contributed by atoms with Crippen LogP contribution >= 0.6 is 0 Å². The van der Waals surface area contributed by atoms with E-state index in [1.165, 1.54) is 0 Å². The third-order valence-electron chi connectivity index (χ3n) is 5.26. The van der Waals surface area contributed by atoms with Crippen LogP contribution in [0.3, 0.4) is 0 Å². The molecule has 1 N–H and O–H groups in total. The summed E-state index contributed by atoms with van der Waals surface area (Å²) < 4.78 is 7.19. The van der Waals surface area contributed by atoms with Gasteiger partial charge in [0, 0.05) is 18.7 Å². The first-order chi connectivity index (χ1) is 14.1. The number of nitrogens with one attached hydrogen (secondary N) is 1. The van der Waals surface area contributed by atoms with E-state index in [4.69, 9.17) is 4.74 Å². The second-order valence-corrected chi connectivity index (χ2v) is 6.83. The molecular formula is C22H29N5O2. The van der Waals surface area contributed by atoms with Gasteiger partial charge in [-0.25, -0.2) is 4.68 Å². The standard InChI is InChI=1S/C22H29N5O2/c1-5-26(6-2)21(16-9-8-10-18(13-16)29-4)15-23-22(28)17-11-12-20-19(14-17)24-25-27(20)7-3/h8-14,21H,5-7,15H2,1-4H3,(H,23,28). The number of hydrogen-bond acceptors (Lipinski definition) is 5. The Kier molecular flexibility index (Phi) is 6.82. The van der Waals surface area contributed by atoms with E-state index in [2.05, 4.69) is 40.4 Å². The molecular weight excluding hydrogens is 366 g/mol. The highest BCUT2D eigenvalue weighted by atomic mass is 16.5. The summed E-state index contributed by atoms with van der Waals surface area (Å²) in [5.74, 6) is 0.702. The van der Waals surface area contributed by atoms with Crippen LogP contribution < -0.4 is 10.1 Å². The fraction of sp³-hybridized carbons (Fsp3) is 0.409. The lowest BCUT2D eigenvalue weighted by atomic mass is 10.0. The van der Waals surface area contributed by atoms with Gasteiger partial charge < -0.3 is 10.1 Å². The second kappa shape index (κ2) is 9.52. The van der Waals surface area contributed by atoms with Crippen molar-refractivity contribution in [3.63, 3.8) is 0 Å². The molecule has 0 aliphatic carbocycles. The molecule has 1 amide bonds. The quantitative estimate of drug-likeness (QED) is 0.602. The summed E-state index contributed by atoms with van der Waals surface area (Å²) in [6.45, 7) is 9.30. The van der Waals surface area contributed by atoms with E-state index in [1.54, 1.807) is 13.2 Å². The van der Waals surface area contributed by atoms with Crippen LogP contribution in [0.5, 0.6) is 5.75 Å². The molecule has 7 heteroatoms. The first kappa shape index (κ1) is 20.8. The van der Waals surface area contributed by atoms with Gasteiger partial charge in [-0.2, -0.15) is 0 Å². The predicted octanol–water partition coefficient (Wildman–Crippen LogP) is 3.27. The van der Waals surface area contributed by atoms with Crippen molar-refractivity contribution < 1.29 is 9.53 Å². The van der Waals surface area contributed by atoms with Gasteiger partial charge in [-0.1, -0.05) is 31.2 Å². The zero-order valence-corrected chi connectivity index (χ0v) is 17.6. The van der Waals surface area contributed by atoms with Gasteiger partial charge in [-0.05, 0) is 55.9 Å². The fourth-order valence-corrected chi connectivity index (χ4v) is 3.61. The maximum atomic E-state index is 12.8. The molecule has 1 aromatic heterocycles. The van der Waals surface area contributed by atoms with Gasteiger partial charge in [0.15, 0.2) is 0 Å². The zero-order valence-electron chi connectivity index (χ0n) is 17.6. The Morgan fingerprint density at radius 3 is 2.66 bits per heavy atom. The third kappa shape index (κ3) is 4.56. The van der Waals surface area contributed by atoms with Crippen LogP contribution in [0, 0.1) is 0 Å². The van der Waals surface area contributed by atoms with Crippen LogP contribution in [0.25, 0.3) is 11.0 Å². The second-order valence-electron chi connectivity index (χ2n) is 6.83. The molecule has 0 fully saturated rings. The maximum Gasteiger partial charge on any atom is 0.251 e. The highest BCUT2D eigenvalue weighted by Gasteiger charge is 2.20. The molecule has 3 rings (SSSR count). The average molecular weight is 396 g/mol. The molecule has 7 nitrogen and oxygen atoms in total. The first-order valence-electron chi connectivity index (χ1n) is 10.1. The van der Waals surface area contributed by atoms with Crippen molar-refractivity contribution in [2.75, 3.05) is 26.7 Å². The van der Waals surface area contributed by atoms with Crippen LogP contribution in [0.15, 0.2) is 42.5 Å². The van der Waals surface area contributed by atoms with Gasteiger partial charge in [-0.3, -0.25) is 9.69 Å². The molecule has 1 unspecified atom stereocenters. The number of ether oxygens (including phenoxy) is 1. The minimum absolute atomic E-state index is 0.0637. The van der Waals surface area contributed by atoms with Gasteiger partial charge in [0.25, 0.3) is 5.91 Å². The Bertz CT molecular complexity index is 965. The van der Waals surface area contributed by atoms with E-state index >= 15 is 0 Å². The number of aromatic nitrogens is 3. The fourth-order valence-electron chi connectivity index (χ4n) is 3.61. The molecule has 29 heavy (non-hydrogen) atoms. The Hall–Kier alpha value is -2.93. The lowest BCUT2D eigenvalue weighted by molar-refractivity contribution is 0.0935. The summed E-state index contributed by atoms with van der Waals surface area (Å²) in [4.78, 5) is 15.1. The Labute approximate surface area is 171 Å². The number of rotatable bonds is 9. The SMILES string of the molecule is CCN(CC)C(CNC(=O)c1ccc2c(c1)nnn2CC)c1cccc(OC)c1. The molecule has 0 aliphatic rings. The van der Waals surface area contributed by atoms with Crippen molar-refractivity contribution in [2.45, 2.75) is 33.4 Å². The molecule has 0 spiro atoms. The molecule has 0 radical (unpaired) electrons. The molecule has 0 saturated carbocycles. The Morgan fingerprint density at radius 1 is 1.17 bits per heavy atom. The number of amides is 1. The third-order valence-corrected chi connectivity index (χ3v) is 5.26. The molecule has 0 aliphatic heterocycles. The molecule has 0 saturated heterocycles. The van der Waals surface area contributed by atoms with Crippen molar-refractivity contribution in [1.29, 1.82) is 0 Å². The first-order valence-corrected chi connectivity index (χ1v) is 10.1. The number of nitrogens with zero attached hydrogens (tertiary/aromatic N) is 4. The Morgan fingerprint density at radius 2 is 1.97 bits per heavy atom. The van der Waals surface area contributed by atoms with Crippen LogP contribution in [0.4, 0.5) is 0 Å². The van der Waals surface area contributed by atoms with Gasteiger partial charge in [0.2, 0.25) is 0 Å². The summed E-state index contributed by atoms with van der Waals surface area (Å²) in [6, 6.07) is 13.6. The highest BCUT2D eigenvalue weighted by Crippen LogP contribution is 2.24. The van der Waals surface area contributed by atoms with Crippen molar-refractivity contribution in [3.8, 4) is 5.75 Å². The largest absolute Gasteiger partial charge is 0.497 e. The Balaban J connectivity index is 1.78. The van der Waals surface area contributed by atoms with E-state index in [-0.39, 0.29) is 11.9 Å². The van der Waals surface area contributed by atoms with Crippen LogP contribution in [-0.4, -0.2) is 52.5 Å². The van der Waals surface area contributed by atoms with Crippen molar-refractivity contribution >= 4 is 16.9 Å². The van der Waals surface area contributed by atoms with Crippen LogP contribution in [0.2, 0.25) is 0 Å². The number of hydrogen-bond donors (Lipinski definition) is 1. The molecule has 154 valence electrons. The topological polar surface area (TPSA) is 72.3 Å². The number of carbonyl (C=O) groups is 1. The van der Waals surface area contributed by atoms with E-state index in [0.717, 1.165) is 42.0 Å². The van der Waals surface area contributed by atoms with E-state index < -0.39 is 0 Å². The molecule has 1 atom stereocenters. The summed E-state index contributed by atoms with van der Waals surface area (Å²) in [7, 11) is 1.66. The summed E-state index contributed by atoms with van der Waals surface area (Å²) >= 11 is 0. The summed E-state index contributed by atoms with van der Waals surface area (Å²) in [5, 5.41) is 11.4. The number of fused-ring (bicyclic) bond motifs is 1. The zero-order chi connectivity index (χ0) is 20.8. The maximum absolute atomic E-state index is 12.8. The van der Waals surface area contributed by atoms with Crippen LogP contribution in [0.1, 0.15) is 42.7 Å². The number of carbonyl (C=O) groups excluding carboxylic acids is 1. The van der Waals surface area contributed by atoms with E-state index in [1.807, 2.05) is 41.9 Å². The number of benzene rings is 2. The lowest BCUT2D eigenvalue weighted by Crippen LogP contribution is -2.38. The van der Waals surface area contributed by atoms with Gasteiger partial charge in [0.1, 0.15) is 11.3 Å². The minimum Gasteiger partial charge on any atom is -0.497 e. The van der Waals surface area contributed by atoms with E-state index in [0.29, 0.717) is 12.1 Å². The monoisotopic (exact) mass is 395 g/mol. The van der Waals surface area contributed by atoms with Gasteiger partial charge in [-0.15, -0.1) is 5.10 Å². The van der Waals surface area contributed by atoms with Gasteiger partial charge in [0.05, 0.1) is 18.7 Å². The van der Waals surface area contributed by atoms with Crippen molar-refractivity contribution in [2.24, 2.45) is 0 Å². The average Bonchev–Trinajstić information content (AvgIpc) is 3.18. The normalized spacial score (nSPS) is 12.3. The number of likely N-dealkylation sites (N-methyl/N-ethyl adjacent to an activating group) is 1. The molecule has 1 heterocycles.